The fourth-order valence-electron chi connectivity index (χ4n) is 6.72. The average molecular weight is 604 g/mol. The zero-order chi connectivity index (χ0) is 31.1. The van der Waals surface area contributed by atoms with Gasteiger partial charge < -0.3 is 13.9 Å². The number of aromatic nitrogens is 1. The highest BCUT2D eigenvalue weighted by atomic mass is 28.4. The van der Waals surface area contributed by atoms with E-state index in [1.165, 1.54) is 23.3 Å². The summed E-state index contributed by atoms with van der Waals surface area (Å²) < 4.78 is 60.7. The summed E-state index contributed by atoms with van der Waals surface area (Å²) in [5.74, 6) is 0. The van der Waals surface area contributed by atoms with Gasteiger partial charge in [-0.3, -0.25) is 4.98 Å². The molecule has 232 valence electrons. The molecule has 3 heterocycles. The standard InChI is InChI=1S/C34H48F3NO3Si/c1-30(2,3)29-26-27(25-23(38-29)19-32(7,8)20-24(25)41-42(9,10)31(4,5)6)33(15-17-39-18-16-33)40-28(26)21-11-13-22(14-12-21)34(35,36)37/h11-14,24,28H,15-20H2,1-10H3/t24?,28-/m1/s1. The number of hydrogen-bond donors (Lipinski definition) is 0. The van der Waals surface area contributed by atoms with Gasteiger partial charge in [0.1, 0.15) is 6.10 Å². The minimum absolute atomic E-state index is 0.00551. The number of ether oxygens (including phenoxy) is 2. The summed E-state index contributed by atoms with van der Waals surface area (Å²) in [6.45, 7) is 23.6. The quantitative estimate of drug-likeness (QED) is 0.328. The maximum Gasteiger partial charge on any atom is 0.416 e. The van der Waals surface area contributed by atoms with Crippen molar-refractivity contribution < 1.29 is 27.1 Å². The van der Waals surface area contributed by atoms with Gasteiger partial charge in [0.25, 0.3) is 0 Å². The van der Waals surface area contributed by atoms with Crippen molar-refractivity contribution in [2.24, 2.45) is 5.41 Å². The molecule has 0 amide bonds. The van der Waals surface area contributed by atoms with Gasteiger partial charge in [-0.25, -0.2) is 0 Å². The molecular formula is C34H48F3NO3Si. The monoisotopic (exact) mass is 603 g/mol. The van der Waals surface area contributed by atoms with Crippen LogP contribution in [0.15, 0.2) is 24.3 Å². The van der Waals surface area contributed by atoms with Crippen LogP contribution in [0.5, 0.6) is 0 Å². The minimum Gasteiger partial charge on any atom is -0.410 e. The number of nitrogens with zero attached hydrogens (tertiary/aromatic N) is 1. The van der Waals surface area contributed by atoms with Gasteiger partial charge in [-0.1, -0.05) is 67.5 Å². The second-order valence-corrected chi connectivity index (χ2v) is 20.8. The molecule has 1 unspecified atom stereocenters. The third kappa shape index (κ3) is 5.61. The van der Waals surface area contributed by atoms with Crippen molar-refractivity contribution in [3.05, 3.63) is 63.5 Å². The second-order valence-electron chi connectivity index (χ2n) is 16.0. The SMILES string of the molecule is CC1(C)Cc2nc(C(C)(C)C)c3c(c2C(O[Si](C)(C)C(C)(C)C)C1)C1(CCOCC1)O[C@@H]3c1ccc(C(F)(F)F)cc1. The average Bonchev–Trinajstić information content (AvgIpc) is 3.15. The predicted octanol–water partition coefficient (Wildman–Crippen LogP) is 9.56. The Hall–Kier alpha value is -1.74. The molecule has 0 radical (unpaired) electrons. The number of alkyl halides is 3. The van der Waals surface area contributed by atoms with Gasteiger partial charge >= 0.3 is 6.18 Å². The first-order chi connectivity index (χ1) is 19.2. The minimum atomic E-state index is -4.40. The zero-order valence-electron chi connectivity index (χ0n) is 27.0. The number of pyridine rings is 1. The summed E-state index contributed by atoms with van der Waals surface area (Å²) in [5, 5.41) is 0.0341. The summed E-state index contributed by atoms with van der Waals surface area (Å²) in [6, 6.07) is 5.49. The van der Waals surface area contributed by atoms with E-state index >= 15 is 0 Å². The molecule has 1 aromatic carbocycles. The van der Waals surface area contributed by atoms with Gasteiger partial charge in [0.05, 0.1) is 23.0 Å². The van der Waals surface area contributed by atoms with Crippen LogP contribution in [-0.2, 0) is 37.5 Å². The van der Waals surface area contributed by atoms with Crippen molar-refractivity contribution >= 4 is 8.32 Å². The molecule has 4 nitrogen and oxygen atoms in total. The van der Waals surface area contributed by atoms with Crippen LogP contribution < -0.4 is 0 Å². The molecule has 3 aliphatic rings. The fourth-order valence-corrected chi connectivity index (χ4v) is 7.99. The van der Waals surface area contributed by atoms with Gasteiger partial charge in [-0.05, 0) is 59.6 Å². The van der Waals surface area contributed by atoms with Gasteiger partial charge in [-0.15, -0.1) is 0 Å². The van der Waals surface area contributed by atoms with Crippen LogP contribution >= 0.6 is 0 Å². The molecule has 42 heavy (non-hydrogen) atoms. The third-order valence-corrected chi connectivity index (χ3v) is 14.4. The van der Waals surface area contributed by atoms with Gasteiger partial charge in [0.15, 0.2) is 8.32 Å². The van der Waals surface area contributed by atoms with Crippen molar-refractivity contribution in [1.29, 1.82) is 0 Å². The highest BCUT2D eigenvalue weighted by molar-refractivity contribution is 6.74. The summed E-state index contributed by atoms with van der Waals surface area (Å²) in [7, 11) is -2.17. The van der Waals surface area contributed by atoms with Gasteiger partial charge in [0.2, 0.25) is 0 Å². The summed E-state index contributed by atoms with van der Waals surface area (Å²) in [6.07, 6.45) is -1.94. The normalized spacial score (nSPS) is 24.0. The second kappa shape index (κ2) is 10.1. The Morgan fingerprint density at radius 2 is 1.52 bits per heavy atom. The van der Waals surface area contributed by atoms with E-state index < -0.39 is 31.8 Å². The molecule has 8 heteroatoms. The van der Waals surface area contributed by atoms with Gasteiger partial charge in [-0.2, -0.15) is 13.2 Å². The van der Waals surface area contributed by atoms with Crippen molar-refractivity contribution in [2.75, 3.05) is 13.2 Å². The first kappa shape index (κ1) is 31.7. The van der Waals surface area contributed by atoms with E-state index in [0.29, 0.717) is 26.1 Å². The molecular weight excluding hydrogens is 555 g/mol. The van der Waals surface area contributed by atoms with E-state index in [1.54, 1.807) is 12.1 Å². The molecule has 0 saturated carbocycles. The predicted molar refractivity (Wildman–Crippen MR) is 162 cm³/mol. The van der Waals surface area contributed by atoms with Crippen LogP contribution in [0, 0.1) is 5.41 Å². The van der Waals surface area contributed by atoms with Crippen LogP contribution in [0.1, 0.15) is 126 Å². The Kier molecular flexibility index (Phi) is 7.65. The third-order valence-electron chi connectivity index (χ3n) is 9.91. The highest BCUT2D eigenvalue weighted by Gasteiger charge is 2.54. The van der Waals surface area contributed by atoms with E-state index in [-0.39, 0.29) is 22.0 Å². The number of rotatable bonds is 3. The molecule has 0 bridgehead atoms. The fraction of sp³-hybridized carbons (Fsp3) is 0.676. The zero-order valence-corrected chi connectivity index (χ0v) is 28.0. The van der Waals surface area contributed by atoms with Gasteiger partial charge in [0, 0.05) is 48.3 Å². The molecule has 5 rings (SSSR count). The van der Waals surface area contributed by atoms with E-state index in [9.17, 15) is 13.2 Å². The number of hydrogen-bond acceptors (Lipinski definition) is 4. The Labute approximate surface area is 250 Å². The van der Waals surface area contributed by atoms with Crippen molar-refractivity contribution in [3.63, 3.8) is 0 Å². The molecule has 2 aliphatic heterocycles. The van der Waals surface area contributed by atoms with Crippen molar-refractivity contribution in [3.8, 4) is 0 Å². The lowest BCUT2D eigenvalue weighted by Gasteiger charge is -2.46. The topological polar surface area (TPSA) is 40.6 Å². The Bertz CT molecular complexity index is 1330. The molecule has 0 N–H and O–H groups in total. The largest absolute Gasteiger partial charge is 0.416 e. The Morgan fingerprint density at radius 1 is 0.929 bits per heavy atom. The Balaban J connectivity index is 1.79. The number of fused-ring (bicyclic) bond motifs is 4. The first-order valence-electron chi connectivity index (χ1n) is 15.3. The van der Waals surface area contributed by atoms with Crippen molar-refractivity contribution in [2.45, 2.75) is 129 Å². The number of benzene rings is 1. The molecule has 1 aromatic heterocycles. The van der Waals surface area contributed by atoms with Crippen molar-refractivity contribution in [1.82, 2.24) is 4.98 Å². The van der Waals surface area contributed by atoms with Crippen LogP contribution in [-0.4, -0.2) is 26.5 Å². The first-order valence-corrected chi connectivity index (χ1v) is 18.2. The molecule has 1 fully saturated rings. The molecule has 1 spiro atoms. The smallest absolute Gasteiger partial charge is 0.410 e. The highest BCUT2D eigenvalue weighted by Crippen LogP contribution is 2.59. The van der Waals surface area contributed by atoms with Crippen LogP contribution in [0.3, 0.4) is 0 Å². The van der Waals surface area contributed by atoms with E-state index in [2.05, 4.69) is 68.5 Å². The number of halogens is 3. The Morgan fingerprint density at radius 3 is 2.05 bits per heavy atom. The molecule has 1 saturated heterocycles. The van der Waals surface area contributed by atoms with Crippen LogP contribution in [0.4, 0.5) is 13.2 Å². The summed E-state index contributed by atoms with van der Waals surface area (Å²) in [5.41, 5.74) is 4.56. The maximum absolute atomic E-state index is 13.5. The van der Waals surface area contributed by atoms with E-state index in [0.717, 1.165) is 35.4 Å². The lowest BCUT2D eigenvalue weighted by molar-refractivity contribution is -0.137. The lowest BCUT2D eigenvalue weighted by atomic mass is 9.69. The molecule has 1 aliphatic carbocycles. The summed E-state index contributed by atoms with van der Waals surface area (Å²) >= 11 is 0. The van der Waals surface area contributed by atoms with Crippen LogP contribution in [0.2, 0.25) is 18.1 Å². The van der Waals surface area contributed by atoms with Crippen LogP contribution in [0.25, 0.3) is 0 Å². The van der Waals surface area contributed by atoms with E-state index in [4.69, 9.17) is 18.9 Å². The lowest BCUT2D eigenvalue weighted by Crippen LogP contribution is -2.45. The maximum atomic E-state index is 13.5. The van der Waals surface area contributed by atoms with E-state index in [1.807, 2.05) is 0 Å². The molecule has 2 aromatic rings. The molecule has 2 atom stereocenters. The summed E-state index contributed by atoms with van der Waals surface area (Å²) in [4.78, 5) is 5.45.